The first-order chi connectivity index (χ1) is 11.4. The molecule has 0 amide bonds. The van der Waals surface area contributed by atoms with Crippen LogP contribution in [-0.2, 0) is 11.3 Å². The fraction of sp³-hybridized carbons (Fsp3) is 0.368. The number of para-hydroxylation sites is 2. The number of nitrogens with two attached hydrogens (primary N) is 1. The number of ether oxygens (including phenoxy) is 3. The minimum Gasteiger partial charge on any atom is -0.490 e. The van der Waals surface area contributed by atoms with Crippen LogP contribution in [0.15, 0.2) is 54.6 Å². The van der Waals surface area contributed by atoms with Crippen LogP contribution < -0.4 is 14.8 Å². The average molecular weight is 316 g/mol. The zero-order valence-corrected chi connectivity index (χ0v) is 13.7. The van der Waals surface area contributed by atoms with Crippen LogP contribution in [0.3, 0.4) is 0 Å². The second-order valence-corrected chi connectivity index (χ2v) is 5.11. The van der Waals surface area contributed by atoms with Crippen molar-refractivity contribution >= 4 is 0 Å². The molecule has 0 aliphatic carbocycles. The summed E-state index contributed by atoms with van der Waals surface area (Å²) in [6.07, 6.45) is 0. The van der Waals surface area contributed by atoms with Gasteiger partial charge in [0.05, 0.1) is 26.4 Å². The minimum atomic E-state index is 0.531. The zero-order chi connectivity index (χ0) is 16.2. The Morgan fingerprint density at radius 2 is 1.48 bits per heavy atom. The summed E-state index contributed by atoms with van der Waals surface area (Å²) in [6.45, 7) is 6.37. The van der Waals surface area contributed by atoms with E-state index in [-0.39, 0.29) is 0 Å². The van der Waals surface area contributed by atoms with E-state index in [1.54, 1.807) is 0 Å². The Balaban J connectivity index is 1.53. The molecule has 0 unspecified atom stereocenters. The smallest absolute Gasteiger partial charge is 0.161 e. The zero-order valence-electron chi connectivity index (χ0n) is 13.7. The van der Waals surface area contributed by atoms with Gasteiger partial charge in [0.1, 0.15) is 13.2 Å². The van der Waals surface area contributed by atoms with Gasteiger partial charge in [-0.3, -0.25) is 0 Å². The molecule has 0 saturated heterocycles. The maximum absolute atomic E-state index is 5.71. The van der Waals surface area contributed by atoms with Crippen molar-refractivity contribution in [1.82, 2.24) is 0 Å². The van der Waals surface area contributed by atoms with Crippen molar-refractivity contribution in [2.45, 2.75) is 13.5 Å². The first-order valence-corrected chi connectivity index (χ1v) is 8.18. The molecule has 0 spiro atoms. The van der Waals surface area contributed by atoms with Crippen molar-refractivity contribution in [2.75, 3.05) is 33.0 Å². The third-order valence-corrected chi connectivity index (χ3v) is 3.32. The number of rotatable bonds is 11. The Bertz CT molecular complexity index is 545. The van der Waals surface area contributed by atoms with Crippen molar-refractivity contribution in [1.29, 1.82) is 0 Å². The standard InChI is InChI=1S/C19H25NO3/c1-2-22-18-10-6-7-11-19(18)23-15-14-21-13-12-20-16-17-8-4-3-5-9-17/h3-11,20H,2,12-16H2,1H3/p+1. The van der Waals surface area contributed by atoms with E-state index in [0.29, 0.717) is 19.8 Å². The molecule has 0 fully saturated rings. The third kappa shape index (κ3) is 6.72. The molecular weight excluding hydrogens is 290 g/mol. The molecule has 2 aromatic carbocycles. The van der Waals surface area contributed by atoms with Crippen LogP contribution in [0.2, 0.25) is 0 Å². The van der Waals surface area contributed by atoms with Gasteiger partial charge in [-0.05, 0) is 19.1 Å². The van der Waals surface area contributed by atoms with Crippen LogP contribution in [0.25, 0.3) is 0 Å². The Kier molecular flexibility index (Phi) is 8.02. The van der Waals surface area contributed by atoms with Gasteiger partial charge in [0.25, 0.3) is 0 Å². The lowest BCUT2D eigenvalue weighted by molar-refractivity contribution is -0.672. The molecule has 0 aliphatic rings. The van der Waals surface area contributed by atoms with E-state index in [1.165, 1.54) is 5.56 Å². The normalized spacial score (nSPS) is 10.5. The molecule has 0 radical (unpaired) electrons. The summed E-state index contributed by atoms with van der Waals surface area (Å²) >= 11 is 0. The summed E-state index contributed by atoms with van der Waals surface area (Å²) in [5, 5.41) is 2.25. The molecule has 0 saturated carbocycles. The molecule has 2 aromatic rings. The fourth-order valence-corrected chi connectivity index (χ4v) is 2.21. The van der Waals surface area contributed by atoms with Gasteiger partial charge >= 0.3 is 0 Å². The average Bonchev–Trinajstić information content (AvgIpc) is 2.60. The molecule has 4 heteroatoms. The molecule has 23 heavy (non-hydrogen) atoms. The lowest BCUT2D eigenvalue weighted by atomic mass is 10.2. The fourth-order valence-electron chi connectivity index (χ4n) is 2.21. The second kappa shape index (κ2) is 10.6. The number of hydrogen-bond acceptors (Lipinski definition) is 3. The van der Waals surface area contributed by atoms with Crippen LogP contribution >= 0.6 is 0 Å². The first kappa shape index (κ1) is 17.3. The largest absolute Gasteiger partial charge is 0.490 e. The van der Waals surface area contributed by atoms with Crippen molar-refractivity contribution in [3.63, 3.8) is 0 Å². The Morgan fingerprint density at radius 1 is 0.783 bits per heavy atom. The summed E-state index contributed by atoms with van der Waals surface area (Å²) in [5.74, 6) is 1.56. The maximum atomic E-state index is 5.71. The summed E-state index contributed by atoms with van der Waals surface area (Å²) in [5.41, 5.74) is 1.34. The highest BCUT2D eigenvalue weighted by Crippen LogP contribution is 2.26. The third-order valence-electron chi connectivity index (χ3n) is 3.32. The molecule has 0 bridgehead atoms. The highest BCUT2D eigenvalue weighted by Gasteiger charge is 2.03. The van der Waals surface area contributed by atoms with Crippen molar-refractivity contribution in [2.24, 2.45) is 0 Å². The second-order valence-electron chi connectivity index (χ2n) is 5.11. The van der Waals surface area contributed by atoms with Gasteiger partial charge in [0.15, 0.2) is 11.5 Å². The van der Waals surface area contributed by atoms with Crippen LogP contribution in [0.4, 0.5) is 0 Å². The van der Waals surface area contributed by atoms with Gasteiger partial charge < -0.3 is 19.5 Å². The molecule has 0 aliphatic heterocycles. The monoisotopic (exact) mass is 316 g/mol. The number of hydrogen-bond donors (Lipinski definition) is 1. The quantitative estimate of drug-likeness (QED) is 0.647. The van der Waals surface area contributed by atoms with E-state index in [1.807, 2.05) is 37.3 Å². The van der Waals surface area contributed by atoms with Gasteiger partial charge in [-0.15, -0.1) is 0 Å². The summed E-state index contributed by atoms with van der Waals surface area (Å²) in [4.78, 5) is 0. The molecular formula is C19H26NO3+. The molecule has 4 nitrogen and oxygen atoms in total. The van der Waals surface area contributed by atoms with Crippen LogP contribution in [0, 0.1) is 0 Å². The topological polar surface area (TPSA) is 44.3 Å². The van der Waals surface area contributed by atoms with E-state index in [9.17, 15) is 0 Å². The Hall–Kier alpha value is -2.04. The highest BCUT2D eigenvalue weighted by atomic mass is 16.5. The van der Waals surface area contributed by atoms with Crippen LogP contribution in [-0.4, -0.2) is 33.0 Å². The molecule has 2 rings (SSSR count). The summed E-state index contributed by atoms with van der Waals surface area (Å²) in [7, 11) is 0. The van der Waals surface area contributed by atoms with Gasteiger partial charge in [0.2, 0.25) is 0 Å². The van der Waals surface area contributed by atoms with Gasteiger partial charge in [-0.1, -0.05) is 42.5 Å². The van der Waals surface area contributed by atoms with E-state index in [0.717, 1.165) is 31.2 Å². The van der Waals surface area contributed by atoms with Gasteiger partial charge in [-0.25, -0.2) is 0 Å². The minimum absolute atomic E-state index is 0.531. The first-order valence-electron chi connectivity index (χ1n) is 8.18. The Labute approximate surface area is 138 Å². The summed E-state index contributed by atoms with van der Waals surface area (Å²) in [6, 6.07) is 18.2. The predicted molar refractivity (Wildman–Crippen MR) is 90.9 cm³/mol. The maximum Gasteiger partial charge on any atom is 0.161 e. The van der Waals surface area contributed by atoms with E-state index < -0.39 is 0 Å². The van der Waals surface area contributed by atoms with Crippen LogP contribution in [0.1, 0.15) is 12.5 Å². The summed E-state index contributed by atoms with van der Waals surface area (Å²) < 4.78 is 16.8. The molecule has 124 valence electrons. The highest BCUT2D eigenvalue weighted by molar-refractivity contribution is 5.39. The molecule has 0 aromatic heterocycles. The van der Waals surface area contributed by atoms with Crippen molar-refractivity contribution in [3.05, 3.63) is 60.2 Å². The van der Waals surface area contributed by atoms with Gasteiger partial charge in [-0.2, -0.15) is 0 Å². The molecule has 0 atom stereocenters. The lowest BCUT2D eigenvalue weighted by Crippen LogP contribution is -2.83. The molecule has 0 heterocycles. The van der Waals surface area contributed by atoms with E-state index in [2.05, 4.69) is 29.6 Å². The van der Waals surface area contributed by atoms with Crippen LogP contribution in [0.5, 0.6) is 11.5 Å². The van der Waals surface area contributed by atoms with E-state index in [4.69, 9.17) is 14.2 Å². The Morgan fingerprint density at radius 3 is 2.22 bits per heavy atom. The van der Waals surface area contributed by atoms with E-state index >= 15 is 0 Å². The predicted octanol–water partition coefficient (Wildman–Crippen LogP) is 2.24. The van der Waals surface area contributed by atoms with Crippen molar-refractivity contribution in [3.8, 4) is 11.5 Å². The molecule has 2 N–H and O–H groups in total. The number of benzene rings is 2. The van der Waals surface area contributed by atoms with Crippen molar-refractivity contribution < 1.29 is 19.5 Å². The lowest BCUT2D eigenvalue weighted by Gasteiger charge is -2.11. The SMILES string of the molecule is CCOc1ccccc1OCCOCC[NH2+]Cc1ccccc1. The number of quaternary nitrogens is 1. The van der Waals surface area contributed by atoms with Gasteiger partial charge in [0, 0.05) is 5.56 Å².